The highest BCUT2D eigenvalue weighted by atomic mass is 16.3. The molecule has 1 aliphatic heterocycles. The first-order valence-electron chi connectivity index (χ1n) is 6.65. The minimum Gasteiger partial charge on any atom is -0.390 e. The van der Waals surface area contributed by atoms with Crippen LogP contribution in [-0.4, -0.2) is 47.2 Å². The molecule has 1 aliphatic rings. The molecular formula is C13H26N2O2. The van der Waals surface area contributed by atoms with Crippen molar-refractivity contribution >= 4 is 5.91 Å². The van der Waals surface area contributed by atoms with Crippen LogP contribution in [0.15, 0.2) is 0 Å². The Bertz CT molecular complexity index is 242. The molecule has 1 heterocycles. The van der Waals surface area contributed by atoms with Gasteiger partial charge in [-0.1, -0.05) is 0 Å². The zero-order valence-corrected chi connectivity index (χ0v) is 11.3. The van der Waals surface area contributed by atoms with E-state index in [2.05, 4.69) is 5.32 Å². The molecule has 1 rings (SSSR count). The molecule has 0 bridgehead atoms. The minimum atomic E-state index is -0.666. The van der Waals surface area contributed by atoms with E-state index in [0.717, 1.165) is 25.9 Å². The Morgan fingerprint density at radius 1 is 1.35 bits per heavy atom. The molecule has 1 saturated heterocycles. The lowest BCUT2D eigenvalue weighted by Crippen LogP contribution is -2.47. The van der Waals surface area contributed by atoms with Crippen LogP contribution < -0.4 is 5.32 Å². The number of rotatable bonds is 5. The number of hydrogen-bond donors (Lipinski definition) is 2. The highest BCUT2D eigenvalue weighted by Gasteiger charge is 2.22. The smallest absolute Gasteiger partial charge is 0.239 e. The molecule has 17 heavy (non-hydrogen) atoms. The van der Waals surface area contributed by atoms with Crippen LogP contribution in [0.3, 0.4) is 0 Å². The number of carbonyl (C=O) groups excluding carboxylic acids is 1. The van der Waals surface area contributed by atoms with Crippen molar-refractivity contribution in [3.8, 4) is 0 Å². The van der Waals surface area contributed by atoms with Gasteiger partial charge in [0.15, 0.2) is 0 Å². The predicted octanol–water partition coefficient (Wildman–Crippen LogP) is 1.14. The number of nitrogens with zero attached hydrogens (tertiary/aromatic N) is 1. The summed E-state index contributed by atoms with van der Waals surface area (Å²) in [7, 11) is 0. The third kappa shape index (κ3) is 5.50. The quantitative estimate of drug-likeness (QED) is 0.760. The molecule has 0 aromatic carbocycles. The molecule has 4 heteroatoms. The number of likely N-dealkylation sites (tertiary alicyclic amines) is 1. The van der Waals surface area contributed by atoms with E-state index in [4.69, 9.17) is 0 Å². The van der Waals surface area contributed by atoms with Gasteiger partial charge >= 0.3 is 0 Å². The average molecular weight is 242 g/mol. The molecule has 4 nitrogen and oxygen atoms in total. The monoisotopic (exact) mass is 242 g/mol. The molecule has 0 spiro atoms. The Hall–Kier alpha value is -0.610. The zero-order chi connectivity index (χ0) is 12.9. The van der Waals surface area contributed by atoms with Gasteiger partial charge in [0.1, 0.15) is 0 Å². The summed E-state index contributed by atoms with van der Waals surface area (Å²) in [5, 5.41) is 12.8. The number of piperidine rings is 1. The molecule has 0 aliphatic carbocycles. The number of nitrogens with one attached hydrogen (secondary N) is 1. The zero-order valence-electron chi connectivity index (χ0n) is 11.3. The first-order valence-corrected chi connectivity index (χ1v) is 6.65. The highest BCUT2D eigenvalue weighted by molar-refractivity contribution is 5.81. The Balaban J connectivity index is 2.26. The lowest BCUT2D eigenvalue weighted by Gasteiger charge is -2.30. The van der Waals surface area contributed by atoms with Gasteiger partial charge in [-0.05, 0) is 53.0 Å². The van der Waals surface area contributed by atoms with Gasteiger partial charge in [-0.3, -0.25) is 4.79 Å². The number of carbonyl (C=O) groups is 1. The standard InChI is InChI=1S/C13H26N2O2/c1-11(14-8-7-13(2,3)17)12(16)15-9-5-4-6-10-15/h11,14,17H,4-10H2,1-3H3. The van der Waals surface area contributed by atoms with Gasteiger partial charge in [-0.15, -0.1) is 0 Å². The first kappa shape index (κ1) is 14.5. The van der Waals surface area contributed by atoms with E-state index < -0.39 is 5.60 Å². The predicted molar refractivity (Wildman–Crippen MR) is 68.8 cm³/mol. The van der Waals surface area contributed by atoms with Gasteiger partial charge < -0.3 is 15.3 Å². The molecule has 2 N–H and O–H groups in total. The fourth-order valence-electron chi connectivity index (χ4n) is 2.07. The summed E-state index contributed by atoms with van der Waals surface area (Å²) in [4.78, 5) is 14.0. The minimum absolute atomic E-state index is 0.143. The summed E-state index contributed by atoms with van der Waals surface area (Å²) < 4.78 is 0. The average Bonchev–Trinajstić information content (AvgIpc) is 2.27. The largest absolute Gasteiger partial charge is 0.390 e. The molecule has 1 fully saturated rings. The Morgan fingerprint density at radius 2 is 1.94 bits per heavy atom. The van der Waals surface area contributed by atoms with Crippen LogP contribution in [0.25, 0.3) is 0 Å². The van der Waals surface area contributed by atoms with Gasteiger partial charge in [-0.25, -0.2) is 0 Å². The molecule has 1 unspecified atom stereocenters. The van der Waals surface area contributed by atoms with Crippen LogP contribution in [0.5, 0.6) is 0 Å². The van der Waals surface area contributed by atoms with E-state index in [1.807, 2.05) is 11.8 Å². The number of aliphatic hydroxyl groups is 1. The first-order chi connectivity index (χ1) is 7.90. The van der Waals surface area contributed by atoms with Crippen molar-refractivity contribution in [3.63, 3.8) is 0 Å². The summed E-state index contributed by atoms with van der Waals surface area (Å²) in [6.45, 7) is 7.94. The molecule has 100 valence electrons. The van der Waals surface area contributed by atoms with Crippen molar-refractivity contribution in [3.05, 3.63) is 0 Å². The summed E-state index contributed by atoms with van der Waals surface area (Å²) >= 11 is 0. The van der Waals surface area contributed by atoms with E-state index in [9.17, 15) is 9.90 Å². The Morgan fingerprint density at radius 3 is 2.47 bits per heavy atom. The third-order valence-corrected chi connectivity index (χ3v) is 3.23. The van der Waals surface area contributed by atoms with E-state index in [1.54, 1.807) is 13.8 Å². The van der Waals surface area contributed by atoms with Crippen LogP contribution in [0.4, 0.5) is 0 Å². The number of amides is 1. The number of hydrogen-bond acceptors (Lipinski definition) is 3. The van der Waals surface area contributed by atoms with Gasteiger partial charge in [0.2, 0.25) is 5.91 Å². The fourth-order valence-corrected chi connectivity index (χ4v) is 2.07. The Kier molecular flexibility index (Phi) is 5.40. The van der Waals surface area contributed by atoms with Crippen molar-refractivity contribution in [1.82, 2.24) is 10.2 Å². The molecule has 0 aromatic rings. The van der Waals surface area contributed by atoms with Crippen molar-refractivity contribution in [2.24, 2.45) is 0 Å². The summed E-state index contributed by atoms with van der Waals surface area (Å²) in [5.74, 6) is 0.195. The van der Waals surface area contributed by atoms with Crippen molar-refractivity contribution < 1.29 is 9.90 Å². The van der Waals surface area contributed by atoms with Crippen LogP contribution in [0.2, 0.25) is 0 Å². The Labute approximate surface area is 104 Å². The third-order valence-electron chi connectivity index (χ3n) is 3.23. The lowest BCUT2D eigenvalue weighted by atomic mass is 10.1. The normalized spacial score (nSPS) is 19.2. The second-order valence-electron chi connectivity index (χ2n) is 5.62. The molecule has 1 amide bonds. The SMILES string of the molecule is CC(NCCC(C)(C)O)C(=O)N1CCCCC1. The maximum atomic E-state index is 12.1. The van der Waals surface area contributed by atoms with Gasteiger partial charge in [0.05, 0.1) is 11.6 Å². The van der Waals surface area contributed by atoms with Crippen LogP contribution in [0, 0.1) is 0 Å². The molecular weight excluding hydrogens is 216 g/mol. The second kappa shape index (κ2) is 6.36. The van der Waals surface area contributed by atoms with Gasteiger partial charge in [0.25, 0.3) is 0 Å². The van der Waals surface area contributed by atoms with Crippen LogP contribution >= 0.6 is 0 Å². The molecule has 1 atom stereocenters. The molecule has 0 aromatic heterocycles. The van der Waals surface area contributed by atoms with E-state index in [0.29, 0.717) is 13.0 Å². The highest BCUT2D eigenvalue weighted by Crippen LogP contribution is 2.10. The summed E-state index contributed by atoms with van der Waals surface area (Å²) in [6, 6.07) is -0.143. The van der Waals surface area contributed by atoms with Crippen molar-refractivity contribution in [1.29, 1.82) is 0 Å². The van der Waals surface area contributed by atoms with E-state index in [-0.39, 0.29) is 11.9 Å². The maximum absolute atomic E-state index is 12.1. The molecule has 0 radical (unpaired) electrons. The van der Waals surface area contributed by atoms with E-state index in [1.165, 1.54) is 6.42 Å². The van der Waals surface area contributed by atoms with Crippen molar-refractivity contribution in [2.45, 2.75) is 58.1 Å². The fraction of sp³-hybridized carbons (Fsp3) is 0.923. The second-order valence-corrected chi connectivity index (χ2v) is 5.62. The van der Waals surface area contributed by atoms with Gasteiger partial charge in [-0.2, -0.15) is 0 Å². The lowest BCUT2D eigenvalue weighted by molar-refractivity contribution is -0.134. The van der Waals surface area contributed by atoms with Gasteiger partial charge in [0, 0.05) is 13.1 Å². The molecule has 0 saturated carbocycles. The summed E-state index contributed by atoms with van der Waals surface area (Å²) in [6.07, 6.45) is 4.15. The topological polar surface area (TPSA) is 52.6 Å². The maximum Gasteiger partial charge on any atom is 0.239 e. The van der Waals surface area contributed by atoms with E-state index >= 15 is 0 Å². The van der Waals surface area contributed by atoms with Crippen molar-refractivity contribution in [2.75, 3.05) is 19.6 Å². The summed E-state index contributed by atoms with van der Waals surface area (Å²) in [5.41, 5.74) is -0.666. The van der Waals surface area contributed by atoms with Crippen LogP contribution in [0.1, 0.15) is 46.5 Å². The van der Waals surface area contributed by atoms with Crippen LogP contribution in [-0.2, 0) is 4.79 Å².